The molecule has 20 heavy (non-hydrogen) atoms. The molecule has 1 aromatic rings. The van der Waals surface area contributed by atoms with Gasteiger partial charge in [-0.2, -0.15) is 0 Å². The fraction of sp³-hybridized carbons (Fsp3) is 0.571. The maximum Gasteiger partial charge on any atom is 0.185 e. The minimum Gasteiger partial charge on any atom is -0.386 e. The normalized spacial score (nSPS) is 41.1. The third kappa shape index (κ3) is 2.46. The zero-order valence-electron chi connectivity index (χ0n) is 11.2. The monoisotopic (exact) mass is 281 g/mol. The van der Waals surface area contributed by atoms with E-state index in [2.05, 4.69) is 0 Å². The second kappa shape index (κ2) is 5.77. The van der Waals surface area contributed by atoms with Crippen LogP contribution in [0.15, 0.2) is 30.3 Å². The number of hydrogen-bond acceptors (Lipinski definition) is 6. The van der Waals surface area contributed by atoms with Crippen LogP contribution in [0.25, 0.3) is 0 Å². The van der Waals surface area contributed by atoms with Crippen molar-refractivity contribution < 1.29 is 24.1 Å². The summed E-state index contributed by atoms with van der Waals surface area (Å²) < 4.78 is 22.2. The number of nitrogens with two attached hydrogens (primary N) is 1. The average Bonchev–Trinajstić information content (AvgIpc) is 2.51. The van der Waals surface area contributed by atoms with E-state index < -0.39 is 30.8 Å². The quantitative estimate of drug-likeness (QED) is 0.803. The minimum absolute atomic E-state index is 0.335. The molecular weight excluding hydrogens is 262 g/mol. The van der Waals surface area contributed by atoms with Gasteiger partial charge in [0.05, 0.1) is 12.6 Å². The highest BCUT2D eigenvalue weighted by molar-refractivity contribution is 5.16. The van der Waals surface area contributed by atoms with Crippen molar-refractivity contribution in [2.24, 2.45) is 5.73 Å². The summed E-state index contributed by atoms with van der Waals surface area (Å²) in [5, 5.41) is 10.0. The summed E-state index contributed by atoms with van der Waals surface area (Å²) in [6, 6.07) is 9.04. The lowest BCUT2D eigenvalue weighted by Crippen LogP contribution is -2.65. The first-order valence-electron chi connectivity index (χ1n) is 6.64. The molecule has 2 heterocycles. The lowest BCUT2D eigenvalue weighted by atomic mass is 9.96. The number of fused-ring (bicyclic) bond motifs is 1. The van der Waals surface area contributed by atoms with Gasteiger partial charge >= 0.3 is 0 Å². The molecule has 0 aliphatic carbocycles. The highest BCUT2D eigenvalue weighted by Crippen LogP contribution is 2.33. The second-order valence-electron chi connectivity index (χ2n) is 5.02. The van der Waals surface area contributed by atoms with Crippen LogP contribution in [0.4, 0.5) is 0 Å². The maximum atomic E-state index is 10.0. The molecule has 3 N–H and O–H groups in total. The molecular formula is C14H19NO5. The lowest BCUT2D eigenvalue weighted by Gasteiger charge is -2.46. The molecule has 3 rings (SSSR count). The van der Waals surface area contributed by atoms with E-state index in [4.69, 9.17) is 24.7 Å². The van der Waals surface area contributed by atoms with Gasteiger partial charge in [0.25, 0.3) is 0 Å². The summed E-state index contributed by atoms with van der Waals surface area (Å²) in [4.78, 5) is 0. The Morgan fingerprint density at radius 1 is 1.25 bits per heavy atom. The summed E-state index contributed by atoms with van der Waals surface area (Å²) in [5.74, 6) is 0. The number of benzene rings is 1. The van der Waals surface area contributed by atoms with E-state index in [-0.39, 0.29) is 6.10 Å². The van der Waals surface area contributed by atoms with Gasteiger partial charge in [-0.1, -0.05) is 30.3 Å². The Balaban J connectivity index is 1.74. The van der Waals surface area contributed by atoms with Crippen molar-refractivity contribution in [2.75, 3.05) is 13.7 Å². The molecule has 0 saturated carbocycles. The molecule has 110 valence electrons. The SMILES string of the molecule is CO[C@H]1OC2COC(c3ccccc3)O[C@H]2C(N)C1O. The Labute approximate surface area is 117 Å². The van der Waals surface area contributed by atoms with E-state index in [1.165, 1.54) is 7.11 Å². The third-order valence-electron chi connectivity index (χ3n) is 3.72. The summed E-state index contributed by atoms with van der Waals surface area (Å²) in [6.45, 7) is 0.352. The molecule has 2 aliphatic rings. The first-order chi connectivity index (χ1) is 9.70. The molecule has 0 aromatic heterocycles. The summed E-state index contributed by atoms with van der Waals surface area (Å²) in [5.41, 5.74) is 6.97. The molecule has 6 nitrogen and oxygen atoms in total. The van der Waals surface area contributed by atoms with Crippen molar-refractivity contribution in [2.45, 2.75) is 36.9 Å². The fourth-order valence-corrected chi connectivity index (χ4v) is 2.61. The van der Waals surface area contributed by atoms with Gasteiger partial charge in [-0.3, -0.25) is 0 Å². The number of rotatable bonds is 2. The zero-order chi connectivity index (χ0) is 14.1. The molecule has 1 aromatic carbocycles. The topological polar surface area (TPSA) is 83.2 Å². The van der Waals surface area contributed by atoms with E-state index in [9.17, 15) is 5.11 Å². The molecule has 0 bridgehead atoms. The Bertz CT molecular complexity index is 440. The maximum absolute atomic E-state index is 10.0. The van der Waals surface area contributed by atoms with E-state index in [1.54, 1.807) is 0 Å². The summed E-state index contributed by atoms with van der Waals surface area (Å²) in [7, 11) is 1.47. The molecule has 2 aliphatic heterocycles. The molecule has 2 saturated heterocycles. The van der Waals surface area contributed by atoms with Crippen LogP contribution in [0.3, 0.4) is 0 Å². The second-order valence-corrected chi connectivity index (χ2v) is 5.02. The van der Waals surface area contributed by atoms with Crippen molar-refractivity contribution in [1.82, 2.24) is 0 Å². The van der Waals surface area contributed by atoms with Crippen LogP contribution in [-0.2, 0) is 18.9 Å². The first-order valence-corrected chi connectivity index (χ1v) is 6.64. The summed E-state index contributed by atoms with van der Waals surface area (Å²) in [6.07, 6.45) is -2.91. The predicted octanol–water partition coefficient (Wildman–Crippen LogP) is 0.160. The standard InChI is InChI=1S/C14H19NO5/c1-17-14-11(16)10(15)12-9(19-14)7-18-13(20-12)8-5-3-2-4-6-8/h2-6,9-14,16H,7,15H2,1H3/t9?,10?,11?,12-,13?,14+/m1/s1. The third-order valence-corrected chi connectivity index (χ3v) is 3.72. The Hall–Kier alpha value is -1.02. The van der Waals surface area contributed by atoms with Gasteiger partial charge in [-0.05, 0) is 0 Å². The zero-order valence-corrected chi connectivity index (χ0v) is 11.2. The smallest absolute Gasteiger partial charge is 0.185 e. The highest BCUT2D eigenvalue weighted by atomic mass is 16.7. The van der Waals surface area contributed by atoms with Gasteiger partial charge in [0.1, 0.15) is 18.3 Å². The van der Waals surface area contributed by atoms with Crippen LogP contribution >= 0.6 is 0 Å². The molecule has 0 spiro atoms. The van der Waals surface area contributed by atoms with Gasteiger partial charge in [-0.25, -0.2) is 0 Å². The number of hydrogen-bond donors (Lipinski definition) is 2. The van der Waals surface area contributed by atoms with Crippen molar-refractivity contribution in [3.8, 4) is 0 Å². The number of methoxy groups -OCH3 is 1. The predicted molar refractivity (Wildman–Crippen MR) is 69.7 cm³/mol. The molecule has 4 unspecified atom stereocenters. The lowest BCUT2D eigenvalue weighted by molar-refractivity contribution is -0.338. The molecule has 2 fully saturated rings. The van der Waals surface area contributed by atoms with Crippen molar-refractivity contribution in [3.63, 3.8) is 0 Å². The Morgan fingerprint density at radius 3 is 2.70 bits per heavy atom. The minimum atomic E-state index is -0.921. The van der Waals surface area contributed by atoms with Gasteiger partial charge in [0.15, 0.2) is 12.6 Å². The Morgan fingerprint density at radius 2 is 2.00 bits per heavy atom. The van der Waals surface area contributed by atoms with Crippen LogP contribution < -0.4 is 5.73 Å². The van der Waals surface area contributed by atoms with Crippen LogP contribution in [0.5, 0.6) is 0 Å². The van der Waals surface area contributed by atoms with E-state index >= 15 is 0 Å². The fourth-order valence-electron chi connectivity index (χ4n) is 2.61. The van der Waals surface area contributed by atoms with E-state index in [1.807, 2.05) is 30.3 Å². The van der Waals surface area contributed by atoms with Crippen molar-refractivity contribution in [1.29, 1.82) is 0 Å². The van der Waals surface area contributed by atoms with Gasteiger partial charge < -0.3 is 29.8 Å². The van der Waals surface area contributed by atoms with Crippen LogP contribution in [0, 0.1) is 0 Å². The first kappa shape index (κ1) is 13.9. The number of ether oxygens (including phenoxy) is 4. The summed E-state index contributed by atoms with van der Waals surface area (Å²) >= 11 is 0. The van der Waals surface area contributed by atoms with E-state index in [0.717, 1.165) is 5.56 Å². The number of aliphatic hydroxyl groups excluding tert-OH is 1. The van der Waals surface area contributed by atoms with Crippen LogP contribution in [0.1, 0.15) is 11.9 Å². The largest absolute Gasteiger partial charge is 0.386 e. The molecule has 6 atom stereocenters. The van der Waals surface area contributed by atoms with Crippen molar-refractivity contribution in [3.05, 3.63) is 35.9 Å². The average molecular weight is 281 g/mol. The van der Waals surface area contributed by atoms with Crippen LogP contribution in [-0.4, -0.2) is 49.5 Å². The van der Waals surface area contributed by atoms with Gasteiger partial charge in [-0.15, -0.1) is 0 Å². The highest BCUT2D eigenvalue weighted by Gasteiger charge is 2.48. The van der Waals surface area contributed by atoms with Crippen LogP contribution in [0.2, 0.25) is 0 Å². The van der Waals surface area contributed by atoms with Gasteiger partial charge in [0, 0.05) is 12.7 Å². The molecule has 0 amide bonds. The Kier molecular flexibility index (Phi) is 4.02. The van der Waals surface area contributed by atoms with E-state index in [0.29, 0.717) is 6.61 Å². The van der Waals surface area contributed by atoms with Crippen molar-refractivity contribution >= 4 is 0 Å². The molecule has 6 heteroatoms. The number of aliphatic hydroxyl groups is 1. The molecule has 0 radical (unpaired) electrons. The van der Waals surface area contributed by atoms with Gasteiger partial charge in [0.2, 0.25) is 0 Å².